The molecule has 0 bridgehead atoms. The van der Waals surface area contributed by atoms with Crippen LogP contribution in [0.1, 0.15) is 38.4 Å². The van der Waals surface area contributed by atoms with Gasteiger partial charge in [-0.15, -0.1) is 5.10 Å². The Kier molecular flexibility index (Phi) is 4.85. The van der Waals surface area contributed by atoms with Crippen molar-refractivity contribution in [1.82, 2.24) is 15.2 Å². The molecule has 6 nitrogen and oxygen atoms in total. The minimum Gasteiger partial charge on any atom is -0.494 e. The molecule has 122 valence electrons. The van der Waals surface area contributed by atoms with Crippen LogP contribution in [-0.2, 0) is 4.79 Å². The van der Waals surface area contributed by atoms with E-state index < -0.39 is 0 Å². The number of H-pyrrole nitrogens is 1. The number of amides is 1. The van der Waals surface area contributed by atoms with Gasteiger partial charge < -0.3 is 10.1 Å². The Hall–Kier alpha value is -2.02. The molecule has 2 aromatic rings. The van der Waals surface area contributed by atoms with Crippen LogP contribution in [0.25, 0.3) is 0 Å². The minimum absolute atomic E-state index is 0.0723. The monoisotopic (exact) mass is 332 g/mol. The number of aromatic nitrogens is 3. The lowest BCUT2D eigenvalue weighted by Gasteiger charge is -2.10. The van der Waals surface area contributed by atoms with Crippen molar-refractivity contribution in [3.05, 3.63) is 30.1 Å². The van der Waals surface area contributed by atoms with Crippen LogP contribution in [0.3, 0.4) is 0 Å². The van der Waals surface area contributed by atoms with Crippen molar-refractivity contribution in [3.8, 4) is 5.75 Å². The van der Waals surface area contributed by atoms with Gasteiger partial charge in [0, 0.05) is 11.6 Å². The number of carbonyl (C=O) groups is 1. The fraction of sp³-hybridized carbons (Fsp3) is 0.438. The van der Waals surface area contributed by atoms with Crippen molar-refractivity contribution >= 4 is 23.4 Å². The molecule has 1 unspecified atom stereocenters. The maximum absolute atomic E-state index is 12.3. The van der Waals surface area contributed by atoms with Crippen LogP contribution in [0.4, 0.5) is 5.69 Å². The molecule has 1 aromatic heterocycles. The van der Waals surface area contributed by atoms with Crippen molar-refractivity contribution < 1.29 is 9.53 Å². The summed E-state index contributed by atoms with van der Waals surface area (Å²) in [6.45, 7) is 4.41. The van der Waals surface area contributed by atoms with E-state index in [0.29, 0.717) is 17.7 Å². The number of nitrogens with one attached hydrogen (secondary N) is 2. The lowest BCUT2D eigenvalue weighted by molar-refractivity contribution is -0.115. The number of thioether (sulfide) groups is 1. The largest absolute Gasteiger partial charge is 0.494 e. The summed E-state index contributed by atoms with van der Waals surface area (Å²) in [5.41, 5.74) is 0.750. The highest BCUT2D eigenvalue weighted by Crippen LogP contribution is 2.38. The van der Waals surface area contributed by atoms with Gasteiger partial charge in [-0.25, -0.2) is 4.98 Å². The van der Waals surface area contributed by atoms with Crippen molar-refractivity contribution in [3.63, 3.8) is 0 Å². The number of aromatic amines is 1. The van der Waals surface area contributed by atoms with Gasteiger partial charge >= 0.3 is 0 Å². The Bertz CT molecular complexity index is 667. The van der Waals surface area contributed by atoms with Crippen LogP contribution in [0.2, 0.25) is 0 Å². The van der Waals surface area contributed by atoms with E-state index in [9.17, 15) is 4.79 Å². The standard InChI is InChI=1S/C16H20N4O2S/c1-3-22-13-8-6-12(7-9-13)17-15(21)10(2)23-16-18-14(19-20-16)11-4-5-11/h6-11H,3-5H2,1-2H3,(H,17,21)(H,18,19,20). The molecule has 1 saturated carbocycles. The summed E-state index contributed by atoms with van der Waals surface area (Å²) in [4.78, 5) is 16.7. The topological polar surface area (TPSA) is 79.9 Å². The lowest BCUT2D eigenvalue weighted by Crippen LogP contribution is -2.22. The number of carbonyl (C=O) groups excluding carboxylic acids is 1. The molecule has 23 heavy (non-hydrogen) atoms. The first-order valence-corrected chi connectivity index (χ1v) is 8.66. The van der Waals surface area contributed by atoms with Gasteiger partial charge in [-0.3, -0.25) is 9.89 Å². The van der Waals surface area contributed by atoms with Crippen molar-refractivity contribution in [2.75, 3.05) is 11.9 Å². The van der Waals surface area contributed by atoms with Gasteiger partial charge in [0.2, 0.25) is 11.1 Å². The van der Waals surface area contributed by atoms with Gasteiger partial charge in [0.25, 0.3) is 0 Å². The summed E-state index contributed by atoms with van der Waals surface area (Å²) < 4.78 is 5.38. The normalized spacial score (nSPS) is 15.2. The SMILES string of the molecule is CCOc1ccc(NC(=O)C(C)Sc2n[nH]c(C3CC3)n2)cc1. The van der Waals surface area contributed by atoms with Crippen LogP contribution < -0.4 is 10.1 Å². The molecule has 0 radical (unpaired) electrons. The molecule has 0 saturated heterocycles. The van der Waals surface area contributed by atoms with Crippen molar-refractivity contribution in [2.24, 2.45) is 0 Å². The van der Waals surface area contributed by atoms with E-state index in [1.807, 2.05) is 38.1 Å². The molecule has 1 aromatic carbocycles. The molecule has 0 spiro atoms. The highest BCUT2D eigenvalue weighted by atomic mass is 32.2. The second-order valence-electron chi connectivity index (χ2n) is 5.48. The summed E-state index contributed by atoms with van der Waals surface area (Å²) in [5.74, 6) is 2.19. The molecular formula is C16H20N4O2S. The predicted molar refractivity (Wildman–Crippen MR) is 89.9 cm³/mol. The molecule has 1 aliphatic carbocycles. The number of ether oxygens (including phenoxy) is 1. The molecule has 1 amide bonds. The third-order valence-corrected chi connectivity index (χ3v) is 4.49. The highest BCUT2D eigenvalue weighted by molar-refractivity contribution is 8.00. The lowest BCUT2D eigenvalue weighted by atomic mass is 10.3. The van der Waals surface area contributed by atoms with Crippen LogP contribution in [0, 0.1) is 0 Å². The Morgan fingerprint density at radius 3 is 2.83 bits per heavy atom. The summed E-state index contributed by atoms with van der Waals surface area (Å²) >= 11 is 1.36. The van der Waals surface area contributed by atoms with E-state index in [2.05, 4.69) is 20.5 Å². The van der Waals surface area contributed by atoms with Gasteiger partial charge in [-0.1, -0.05) is 11.8 Å². The molecule has 0 aliphatic heterocycles. The second kappa shape index (κ2) is 7.04. The maximum Gasteiger partial charge on any atom is 0.237 e. The van der Waals surface area contributed by atoms with Crippen LogP contribution >= 0.6 is 11.8 Å². The average Bonchev–Trinajstić information content (AvgIpc) is 3.29. The van der Waals surface area contributed by atoms with Crippen LogP contribution in [0.15, 0.2) is 29.4 Å². The molecule has 1 aliphatic rings. The van der Waals surface area contributed by atoms with E-state index in [1.165, 1.54) is 24.6 Å². The number of benzene rings is 1. The first-order chi connectivity index (χ1) is 11.2. The molecular weight excluding hydrogens is 312 g/mol. The van der Waals surface area contributed by atoms with E-state index in [-0.39, 0.29) is 11.2 Å². The summed E-state index contributed by atoms with van der Waals surface area (Å²) in [6.07, 6.45) is 2.35. The Morgan fingerprint density at radius 1 is 1.43 bits per heavy atom. The minimum atomic E-state index is -0.274. The summed E-state index contributed by atoms with van der Waals surface area (Å²) in [6, 6.07) is 7.35. The Morgan fingerprint density at radius 2 is 2.17 bits per heavy atom. The Balaban J connectivity index is 1.53. The number of nitrogens with zero attached hydrogens (tertiary/aromatic N) is 2. The van der Waals surface area contributed by atoms with Crippen molar-refractivity contribution in [2.45, 2.75) is 43.0 Å². The fourth-order valence-corrected chi connectivity index (χ4v) is 2.84. The van der Waals surface area contributed by atoms with Crippen molar-refractivity contribution in [1.29, 1.82) is 0 Å². The molecule has 1 fully saturated rings. The zero-order valence-corrected chi connectivity index (χ0v) is 14.0. The first-order valence-electron chi connectivity index (χ1n) is 7.78. The molecule has 1 heterocycles. The van der Waals surface area contributed by atoms with Gasteiger partial charge in [-0.2, -0.15) is 0 Å². The summed E-state index contributed by atoms with van der Waals surface area (Å²) in [7, 11) is 0. The van der Waals surface area contributed by atoms with E-state index in [0.717, 1.165) is 17.3 Å². The third-order valence-electron chi connectivity index (χ3n) is 3.53. The number of rotatable bonds is 7. The summed E-state index contributed by atoms with van der Waals surface area (Å²) in [5, 5.41) is 10.4. The average molecular weight is 332 g/mol. The van der Waals surface area contributed by atoms with Gasteiger partial charge in [-0.05, 0) is 51.0 Å². The number of hydrogen-bond acceptors (Lipinski definition) is 5. The molecule has 7 heteroatoms. The van der Waals surface area contributed by atoms with Gasteiger partial charge in [0.15, 0.2) is 0 Å². The fourth-order valence-electron chi connectivity index (χ4n) is 2.11. The van der Waals surface area contributed by atoms with E-state index in [4.69, 9.17) is 4.74 Å². The van der Waals surface area contributed by atoms with Crippen LogP contribution in [-0.4, -0.2) is 32.9 Å². The van der Waals surface area contributed by atoms with Gasteiger partial charge in [0.05, 0.1) is 11.9 Å². The number of anilines is 1. The Labute approximate surface area is 139 Å². The highest BCUT2D eigenvalue weighted by Gasteiger charge is 2.27. The molecule has 3 rings (SSSR count). The zero-order valence-electron chi connectivity index (χ0n) is 13.2. The smallest absolute Gasteiger partial charge is 0.237 e. The molecule has 2 N–H and O–H groups in total. The first kappa shape index (κ1) is 15.9. The molecule has 1 atom stereocenters. The second-order valence-corrected chi connectivity index (χ2v) is 6.79. The quantitative estimate of drug-likeness (QED) is 0.761. The number of hydrogen-bond donors (Lipinski definition) is 2. The maximum atomic E-state index is 12.3. The van der Waals surface area contributed by atoms with Crippen LogP contribution in [0.5, 0.6) is 5.75 Å². The van der Waals surface area contributed by atoms with E-state index in [1.54, 1.807) is 0 Å². The van der Waals surface area contributed by atoms with Gasteiger partial charge in [0.1, 0.15) is 11.6 Å². The third kappa shape index (κ3) is 4.25. The van der Waals surface area contributed by atoms with E-state index >= 15 is 0 Å². The predicted octanol–water partition coefficient (Wildman–Crippen LogP) is 3.20. The zero-order chi connectivity index (χ0) is 16.2.